The van der Waals surface area contributed by atoms with Crippen molar-refractivity contribution in [1.29, 1.82) is 0 Å². The van der Waals surface area contributed by atoms with Crippen LogP contribution in [0.2, 0.25) is 0 Å². The fraction of sp³-hybridized carbons (Fsp3) is 0. The number of aromatic nitrogens is 3. The Balaban J connectivity index is 1.70. The van der Waals surface area contributed by atoms with Gasteiger partial charge < -0.3 is 4.98 Å². The van der Waals surface area contributed by atoms with E-state index in [-0.39, 0.29) is 5.69 Å². The summed E-state index contributed by atoms with van der Waals surface area (Å²) in [4.78, 5) is 20.7. The molecule has 1 N–H and O–H groups in total. The van der Waals surface area contributed by atoms with Crippen LogP contribution in [0.4, 0.5) is 0 Å². The molecule has 0 aliphatic carbocycles. The maximum Gasteiger partial charge on any atom is 0.332 e. The number of hydrogen-bond acceptors (Lipinski definition) is 2. The minimum absolute atomic E-state index is 0.179. The topological polar surface area (TPSA) is 50.2 Å². The van der Waals surface area contributed by atoms with Gasteiger partial charge in [0.25, 0.3) is 0 Å². The standard InChI is InChI=1S/C26H17N3O/c30-26-28-22-14-7-12-20(19-11-6-10-18(16-19)17-8-2-1-3-9-17)24(22)25-27-21-13-4-5-15-23(21)29(25)26/h1-16H,(H,28,30). The average Bonchev–Trinajstić information content (AvgIpc) is 3.20. The molecule has 0 radical (unpaired) electrons. The van der Waals surface area contributed by atoms with E-state index >= 15 is 0 Å². The molecule has 0 unspecified atom stereocenters. The summed E-state index contributed by atoms with van der Waals surface area (Å²) in [6.07, 6.45) is 0. The summed E-state index contributed by atoms with van der Waals surface area (Å²) >= 11 is 0. The van der Waals surface area contributed by atoms with Crippen LogP contribution in [0, 0.1) is 0 Å². The second-order valence-corrected chi connectivity index (χ2v) is 7.36. The van der Waals surface area contributed by atoms with Crippen LogP contribution >= 0.6 is 0 Å². The number of nitrogens with zero attached hydrogens (tertiary/aromatic N) is 2. The lowest BCUT2D eigenvalue weighted by Gasteiger charge is -2.10. The summed E-state index contributed by atoms with van der Waals surface area (Å²) in [5.41, 5.74) is 7.35. The lowest BCUT2D eigenvalue weighted by atomic mass is 9.97. The van der Waals surface area contributed by atoms with Gasteiger partial charge in [-0.2, -0.15) is 0 Å². The van der Waals surface area contributed by atoms with Crippen molar-refractivity contribution in [2.24, 2.45) is 0 Å². The maximum absolute atomic E-state index is 12.8. The first-order chi connectivity index (χ1) is 14.8. The number of para-hydroxylation sites is 2. The molecule has 0 bridgehead atoms. The van der Waals surface area contributed by atoms with Crippen molar-refractivity contribution in [2.45, 2.75) is 0 Å². The summed E-state index contributed by atoms with van der Waals surface area (Å²) < 4.78 is 1.67. The molecule has 0 aliphatic heterocycles. The van der Waals surface area contributed by atoms with Crippen molar-refractivity contribution in [3.63, 3.8) is 0 Å². The second-order valence-electron chi connectivity index (χ2n) is 7.36. The zero-order chi connectivity index (χ0) is 20.1. The molecule has 4 nitrogen and oxygen atoms in total. The van der Waals surface area contributed by atoms with E-state index in [9.17, 15) is 4.79 Å². The predicted octanol–water partition coefficient (Wildman–Crippen LogP) is 5.66. The number of benzene rings is 4. The van der Waals surface area contributed by atoms with E-state index in [0.29, 0.717) is 5.65 Å². The molecule has 142 valence electrons. The van der Waals surface area contributed by atoms with Gasteiger partial charge in [-0.05, 0) is 46.5 Å². The fourth-order valence-corrected chi connectivity index (χ4v) is 4.21. The Morgan fingerprint density at radius 1 is 0.700 bits per heavy atom. The number of H-pyrrole nitrogens is 1. The van der Waals surface area contributed by atoms with E-state index in [0.717, 1.165) is 38.6 Å². The molecule has 4 aromatic carbocycles. The monoisotopic (exact) mass is 387 g/mol. The summed E-state index contributed by atoms with van der Waals surface area (Å²) in [6, 6.07) is 32.5. The van der Waals surface area contributed by atoms with Crippen molar-refractivity contribution >= 4 is 27.6 Å². The van der Waals surface area contributed by atoms with Crippen molar-refractivity contribution in [3.05, 3.63) is 108 Å². The van der Waals surface area contributed by atoms with Gasteiger partial charge in [-0.25, -0.2) is 14.2 Å². The molecule has 2 heterocycles. The molecule has 6 aromatic rings. The second kappa shape index (κ2) is 6.42. The van der Waals surface area contributed by atoms with Gasteiger partial charge in [0.2, 0.25) is 0 Å². The van der Waals surface area contributed by atoms with E-state index in [1.54, 1.807) is 4.40 Å². The highest BCUT2D eigenvalue weighted by Gasteiger charge is 2.15. The Hall–Kier alpha value is -4.18. The minimum Gasteiger partial charge on any atom is -0.306 e. The molecule has 0 saturated heterocycles. The molecule has 0 amide bonds. The van der Waals surface area contributed by atoms with Gasteiger partial charge in [-0.1, -0.05) is 72.8 Å². The van der Waals surface area contributed by atoms with Crippen LogP contribution in [0.3, 0.4) is 0 Å². The third-order valence-electron chi connectivity index (χ3n) is 5.57. The maximum atomic E-state index is 12.8. The lowest BCUT2D eigenvalue weighted by Crippen LogP contribution is -2.16. The highest BCUT2D eigenvalue weighted by Crippen LogP contribution is 2.33. The predicted molar refractivity (Wildman–Crippen MR) is 122 cm³/mol. The average molecular weight is 387 g/mol. The zero-order valence-corrected chi connectivity index (χ0v) is 16.0. The first-order valence-electron chi connectivity index (χ1n) is 9.88. The van der Waals surface area contributed by atoms with Gasteiger partial charge in [0.1, 0.15) is 0 Å². The Kier molecular flexibility index (Phi) is 3.59. The quantitative estimate of drug-likeness (QED) is 0.417. The normalized spacial score (nSPS) is 11.5. The van der Waals surface area contributed by atoms with E-state index in [2.05, 4.69) is 47.4 Å². The van der Waals surface area contributed by atoms with Crippen LogP contribution in [0.25, 0.3) is 49.8 Å². The Labute approximate surface area is 172 Å². The van der Waals surface area contributed by atoms with Crippen LogP contribution in [-0.2, 0) is 0 Å². The van der Waals surface area contributed by atoms with Crippen LogP contribution in [0.15, 0.2) is 102 Å². The van der Waals surface area contributed by atoms with Crippen LogP contribution in [0.1, 0.15) is 0 Å². The van der Waals surface area contributed by atoms with Gasteiger partial charge in [0.15, 0.2) is 5.65 Å². The van der Waals surface area contributed by atoms with E-state index in [4.69, 9.17) is 4.98 Å². The molecule has 0 saturated carbocycles. The molecule has 30 heavy (non-hydrogen) atoms. The first kappa shape index (κ1) is 16.7. The van der Waals surface area contributed by atoms with E-state index < -0.39 is 0 Å². The number of rotatable bonds is 2. The van der Waals surface area contributed by atoms with Crippen molar-refractivity contribution < 1.29 is 0 Å². The summed E-state index contributed by atoms with van der Waals surface area (Å²) in [7, 11) is 0. The van der Waals surface area contributed by atoms with E-state index in [1.165, 1.54) is 5.56 Å². The fourth-order valence-electron chi connectivity index (χ4n) is 4.21. The molecule has 4 heteroatoms. The van der Waals surface area contributed by atoms with Crippen LogP contribution in [-0.4, -0.2) is 14.4 Å². The highest BCUT2D eigenvalue weighted by molar-refractivity contribution is 6.05. The van der Waals surface area contributed by atoms with Gasteiger partial charge in [-0.3, -0.25) is 0 Å². The van der Waals surface area contributed by atoms with Crippen LogP contribution in [0.5, 0.6) is 0 Å². The molecule has 0 spiro atoms. The van der Waals surface area contributed by atoms with Crippen molar-refractivity contribution in [3.8, 4) is 22.3 Å². The van der Waals surface area contributed by atoms with Gasteiger partial charge in [-0.15, -0.1) is 0 Å². The Bertz CT molecular complexity index is 1610. The third-order valence-corrected chi connectivity index (χ3v) is 5.57. The largest absolute Gasteiger partial charge is 0.332 e. The molecular formula is C26H17N3O. The Morgan fingerprint density at radius 2 is 1.43 bits per heavy atom. The highest BCUT2D eigenvalue weighted by atomic mass is 16.1. The minimum atomic E-state index is -0.179. The number of imidazole rings is 1. The molecule has 0 aliphatic rings. The molecule has 6 rings (SSSR count). The SMILES string of the molecule is O=c1[nH]c2cccc(-c3cccc(-c4ccccc4)c3)c2c2nc3ccccc3n12. The number of nitrogens with one attached hydrogen (secondary N) is 1. The number of aromatic amines is 1. The Morgan fingerprint density at radius 3 is 2.33 bits per heavy atom. The molecular weight excluding hydrogens is 370 g/mol. The number of hydrogen-bond donors (Lipinski definition) is 1. The smallest absolute Gasteiger partial charge is 0.306 e. The van der Waals surface area contributed by atoms with Gasteiger partial charge in [0, 0.05) is 5.39 Å². The summed E-state index contributed by atoms with van der Waals surface area (Å²) in [5, 5.41) is 0.943. The van der Waals surface area contributed by atoms with Gasteiger partial charge >= 0.3 is 5.69 Å². The summed E-state index contributed by atoms with van der Waals surface area (Å²) in [5.74, 6) is 0. The third kappa shape index (κ3) is 2.47. The van der Waals surface area contributed by atoms with Crippen molar-refractivity contribution in [2.75, 3.05) is 0 Å². The van der Waals surface area contributed by atoms with E-state index in [1.807, 2.05) is 54.6 Å². The van der Waals surface area contributed by atoms with Crippen molar-refractivity contribution in [1.82, 2.24) is 14.4 Å². The first-order valence-corrected chi connectivity index (χ1v) is 9.88. The lowest BCUT2D eigenvalue weighted by molar-refractivity contribution is 1.06. The number of fused-ring (bicyclic) bond motifs is 5. The zero-order valence-electron chi connectivity index (χ0n) is 16.0. The molecule has 0 fully saturated rings. The summed E-state index contributed by atoms with van der Waals surface area (Å²) in [6.45, 7) is 0. The molecule has 2 aromatic heterocycles. The van der Waals surface area contributed by atoms with Crippen LogP contribution < -0.4 is 5.69 Å². The van der Waals surface area contributed by atoms with Gasteiger partial charge in [0.05, 0.1) is 16.6 Å². The molecule has 0 atom stereocenters.